The maximum atomic E-state index is 13.0. The molecule has 0 aliphatic carbocycles. The summed E-state index contributed by atoms with van der Waals surface area (Å²) in [6, 6.07) is 0. The molecule has 3 N–H and O–H groups in total. The summed E-state index contributed by atoms with van der Waals surface area (Å²) in [5.41, 5.74) is 0. The van der Waals surface area contributed by atoms with E-state index in [9.17, 15) is 43.2 Å². The Morgan fingerprint density at radius 2 is 0.571 bits per heavy atom. The zero-order valence-corrected chi connectivity index (χ0v) is 56.3. The van der Waals surface area contributed by atoms with Gasteiger partial charge in [-0.15, -0.1) is 0 Å². The highest BCUT2D eigenvalue weighted by Gasteiger charge is 2.30. The SMILES string of the molecule is CCC(C)CCCCCCCCCCC(=O)OC[C@H](COP(=O)(O)OCC(O)COP(=O)(O)OC[C@@H](COC(=O)CCCCCCCCCCC(C)C)OC(=O)CCCCCCCCCC(C)C)OC(=O)CCCCCCCCCCC(C)C. The number of rotatable bonds is 62. The molecule has 0 radical (unpaired) electrons. The quantitative estimate of drug-likeness (QED) is 0.0222. The molecule has 0 aliphatic heterocycles. The molecule has 0 aromatic heterocycles. The second kappa shape index (κ2) is 55.2. The summed E-state index contributed by atoms with van der Waals surface area (Å²) in [6.07, 6.45) is 34.9. The average molecular weight is 1240 g/mol. The summed E-state index contributed by atoms with van der Waals surface area (Å²) < 4.78 is 68.0. The van der Waals surface area contributed by atoms with E-state index in [1.165, 1.54) is 116 Å². The van der Waals surface area contributed by atoms with Crippen LogP contribution in [0.2, 0.25) is 0 Å². The number of hydrogen-bond acceptors (Lipinski definition) is 15. The van der Waals surface area contributed by atoms with Gasteiger partial charge in [-0.2, -0.15) is 0 Å². The summed E-state index contributed by atoms with van der Waals surface area (Å²) in [4.78, 5) is 72.3. The predicted molar refractivity (Wildman–Crippen MR) is 335 cm³/mol. The van der Waals surface area contributed by atoms with Crippen LogP contribution in [0.4, 0.5) is 0 Å². The molecule has 0 amide bonds. The Hall–Kier alpha value is -1.94. The second-order valence-electron chi connectivity index (χ2n) is 25.2. The van der Waals surface area contributed by atoms with Gasteiger partial charge in [0.15, 0.2) is 12.2 Å². The van der Waals surface area contributed by atoms with Crippen LogP contribution < -0.4 is 0 Å². The number of ether oxygens (including phenoxy) is 4. The molecule has 0 heterocycles. The molecule has 6 atom stereocenters. The molecule has 84 heavy (non-hydrogen) atoms. The fraction of sp³-hybridized carbons (Fsp3) is 0.938. The van der Waals surface area contributed by atoms with Gasteiger partial charge in [-0.25, -0.2) is 9.13 Å². The van der Waals surface area contributed by atoms with Crippen molar-refractivity contribution in [1.82, 2.24) is 0 Å². The van der Waals surface area contributed by atoms with Crippen molar-refractivity contribution in [1.29, 1.82) is 0 Å². The van der Waals surface area contributed by atoms with Crippen molar-refractivity contribution in [3.63, 3.8) is 0 Å². The number of esters is 4. The van der Waals surface area contributed by atoms with Gasteiger partial charge < -0.3 is 33.8 Å². The van der Waals surface area contributed by atoms with Crippen LogP contribution in [-0.4, -0.2) is 96.7 Å². The van der Waals surface area contributed by atoms with Gasteiger partial charge in [0.1, 0.15) is 19.3 Å². The van der Waals surface area contributed by atoms with Crippen LogP contribution in [0.1, 0.15) is 312 Å². The van der Waals surface area contributed by atoms with E-state index >= 15 is 0 Å². The Bertz CT molecular complexity index is 1680. The summed E-state index contributed by atoms with van der Waals surface area (Å²) in [5.74, 6) is 0.777. The summed E-state index contributed by atoms with van der Waals surface area (Å²) in [5, 5.41) is 10.5. The van der Waals surface area contributed by atoms with Crippen molar-refractivity contribution in [3.8, 4) is 0 Å². The first kappa shape index (κ1) is 82.1. The topological polar surface area (TPSA) is 237 Å². The molecule has 0 aliphatic rings. The lowest BCUT2D eigenvalue weighted by atomic mass is 9.99. The lowest BCUT2D eigenvalue weighted by Crippen LogP contribution is -2.30. The Balaban J connectivity index is 5.26. The van der Waals surface area contributed by atoms with Crippen LogP contribution >= 0.6 is 15.6 Å². The van der Waals surface area contributed by atoms with E-state index in [-0.39, 0.29) is 25.7 Å². The van der Waals surface area contributed by atoms with Crippen molar-refractivity contribution in [2.75, 3.05) is 39.6 Å². The molecule has 0 aromatic rings. The Morgan fingerprint density at radius 1 is 0.333 bits per heavy atom. The third-order valence-electron chi connectivity index (χ3n) is 15.2. The first-order valence-electron chi connectivity index (χ1n) is 33.7. The molecule has 498 valence electrons. The van der Waals surface area contributed by atoms with Gasteiger partial charge in [-0.3, -0.25) is 37.3 Å². The molecule has 17 nitrogen and oxygen atoms in total. The first-order valence-corrected chi connectivity index (χ1v) is 36.7. The number of carbonyl (C=O) groups is 4. The highest BCUT2D eigenvalue weighted by atomic mass is 31.2. The Morgan fingerprint density at radius 3 is 0.845 bits per heavy atom. The van der Waals surface area contributed by atoms with E-state index < -0.39 is 97.5 Å². The monoisotopic (exact) mass is 1240 g/mol. The third kappa shape index (κ3) is 57.8. The number of aliphatic hydroxyl groups is 1. The molecule has 0 rings (SSSR count). The molecule has 0 fully saturated rings. The van der Waals surface area contributed by atoms with Crippen molar-refractivity contribution in [3.05, 3.63) is 0 Å². The maximum Gasteiger partial charge on any atom is 0.472 e. The van der Waals surface area contributed by atoms with Gasteiger partial charge in [0.05, 0.1) is 26.4 Å². The standard InChI is InChI=1S/C65H126O17P2/c1-9-58(8)44-36-28-20-12-15-22-30-38-46-63(68)76-51-60(81-64(69)47-39-31-23-14-11-18-26-34-42-56(4)5)53-79-83(71,72)77-49-59(66)50-78-84(73,74)80-54-61(82-65(70)48-40-32-24-16-19-27-35-43-57(6)7)52-75-62(67)45-37-29-21-13-10-17-25-33-41-55(2)3/h55-61,66H,9-54H2,1-8H3,(H,71,72)(H,73,74)/t58?,59?,60-,61-/m1/s1. The van der Waals surface area contributed by atoms with Crippen LogP contribution in [0, 0.1) is 23.7 Å². The maximum absolute atomic E-state index is 13.0. The van der Waals surface area contributed by atoms with Crippen molar-refractivity contribution >= 4 is 39.5 Å². The summed E-state index contributed by atoms with van der Waals surface area (Å²) >= 11 is 0. The molecule has 19 heteroatoms. The molecule has 0 saturated heterocycles. The minimum absolute atomic E-state index is 0.102. The molecule has 0 saturated carbocycles. The predicted octanol–water partition coefficient (Wildman–Crippen LogP) is 17.8. The number of phosphoric ester groups is 2. The molecule has 0 aromatic carbocycles. The lowest BCUT2D eigenvalue weighted by Gasteiger charge is -2.21. The van der Waals surface area contributed by atoms with Crippen LogP contribution in [0.25, 0.3) is 0 Å². The van der Waals surface area contributed by atoms with E-state index in [0.717, 1.165) is 108 Å². The average Bonchev–Trinajstić information content (AvgIpc) is 3.60. The zero-order chi connectivity index (χ0) is 62.5. The van der Waals surface area contributed by atoms with E-state index in [4.69, 9.17) is 37.0 Å². The molecule has 0 bridgehead atoms. The van der Waals surface area contributed by atoms with Gasteiger partial charge in [0.25, 0.3) is 0 Å². The first-order chi connectivity index (χ1) is 40.1. The van der Waals surface area contributed by atoms with E-state index in [1.54, 1.807) is 0 Å². The lowest BCUT2D eigenvalue weighted by molar-refractivity contribution is -0.161. The summed E-state index contributed by atoms with van der Waals surface area (Å²) in [6.45, 7) is 14.0. The zero-order valence-electron chi connectivity index (χ0n) is 54.5. The minimum Gasteiger partial charge on any atom is -0.462 e. The van der Waals surface area contributed by atoms with Crippen LogP contribution in [-0.2, 0) is 65.4 Å². The van der Waals surface area contributed by atoms with Gasteiger partial charge in [-0.1, -0.05) is 261 Å². The highest BCUT2D eigenvalue weighted by molar-refractivity contribution is 7.47. The van der Waals surface area contributed by atoms with Crippen molar-refractivity contribution < 1.29 is 80.2 Å². The fourth-order valence-electron chi connectivity index (χ4n) is 9.57. The fourth-order valence-corrected chi connectivity index (χ4v) is 11.2. The Labute approximate surface area is 511 Å². The van der Waals surface area contributed by atoms with Gasteiger partial charge in [-0.05, 0) is 49.4 Å². The second-order valence-corrected chi connectivity index (χ2v) is 28.1. The van der Waals surface area contributed by atoms with Crippen LogP contribution in [0.15, 0.2) is 0 Å². The highest BCUT2D eigenvalue weighted by Crippen LogP contribution is 2.45. The number of hydrogen-bond donors (Lipinski definition) is 3. The smallest absolute Gasteiger partial charge is 0.462 e. The largest absolute Gasteiger partial charge is 0.472 e. The number of unbranched alkanes of at least 4 members (excludes halogenated alkanes) is 27. The van der Waals surface area contributed by atoms with E-state index in [2.05, 4.69) is 55.4 Å². The molecular weight excluding hydrogens is 1110 g/mol. The molecular formula is C65H126O17P2. The van der Waals surface area contributed by atoms with Crippen molar-refractivity contribution in [2.45, 2.75) is 331 Å². The van der Waals surface area contributed by atoms with Gasteiger partial charge in [0, 0.05) is 25.7 Å². The van der Waals surface area contributed by atoms with Crippen LogP contribution in [0.5, 0.6) is 0 Å². The molecule has 0 spiro atoms. The van der Waals surface area contributed by atoms with E-state index in [1.807, 2.05) is 0 Å². The number of aliphatic hydroxyl groups excluding tert-OH is 1. The minimum atomic E-state index is -4.95. The Kier molecular flexibility index (Phi) is 53.9. The van der Waals surface area contributed by atoms with E-state index in [0.29, 0.717) is 31.6 Å². The summed E-state index contributed by atoms with van der Waals surface area (Å²) in [7, 11) is -9.89. The van der Waals surface area contributed by atoms with Crippen molar-refractivity contribution in [2.24, 2.45) is 23.7 Å². The third-order valence-corrected chi connectivity index (χ3v) is 17.1. The normalized spacial score (nSPS) is 14.7. The van der Waals surface area contributed by atoms with Crippen LogP contribution in [0.3, 0.4) is 0 Å². The van der Waals surface area contributed by atoms with Gasteiger partial charge >= 0.3 is 39.5 Å². The number of carbonyl (C=O) groups excluding carboxylic acids is 4. The number of phosphoric acid groups is 2. The van der Waals surface area contributed by atoms with Gasteiger partial charge in [0.2, 0.25) is 0 Å². The molecule has 4 unspecified atom stereocenters.